The highest BCUT2D eigenvalue weighted by molar-refractivity contribution is 5.87. The normalized spacial score (nSPS) is 20.9. The highest BCUT2D eigenvalue weighted by atomic mass is 19.1. The van der Waals surface area contributed by atoms with E-state index in [4.69, 9.17) is 5.11 Å². The smallest absolute Gasteiger partial charge is 0.335 e. The van der Waals surface area contributed by atoms with Gasteiger partial charge in [0, 0.05) is 18.2 Å². The van der Waals surface area contributed by atoms with E-state index in [2.05, 4.69) is 11.8 Å². The number of aromatic carboxylic acids is 1. The van der Waals surface area contributed by atoms with Gasteiger partial charge in [-0.2, -0.15) is 0 Å². The maximum absolute atomic E-state index is 13.8. The van der Waals surface area contributed by atoms with Gasteiger partial charge in [0.05, 0.1) is 5.56 Å². The Morgan fingerprint density at radius 2 is 2.28 bits per heavy atom. The second kappa shape index (κ2) is 5.48. The molecule has 0 spiro atoms. The van der Waals surface area contributed by atoms with Gasteiger partial charge >= 0.3 is 5.97 Å². The molecule has 1 aliphatic heterocycles. The molecule has 1 unspecified atom stereocenters. The monoisotopic (exact) mass is 251 g/mol. The third-order valence-corrected chi connectivity index (χ3v) is 3.61. The van der Waals surface area contributed by atoms with E-state index in [0.717, 1.165) is 25.5 Å². The molecule has 1 aliphatic rings. The van der Waals surface area contributed by atoms with Gasteiger partial charge in [-0.15, -0.1) is 0 Å². The molecule has 0 aliphatic carbocycles. The fourth-order valence-electron chi connectivity index (χ4n) is 2.42. The van der Waals surface area contributed by atoms with E-state index in [1.54, 1.807) is 6.07 Å². The van der Waals surface area contributed by atoms with Gasteiger partial charge in [-0.1, -0.05) is 12.5 Å². The Hall–Kier alpha value is -1.42. The zero-order chi connectivity index (χ0) is 13.1. The lowest BCUT2D eigenvalue weighted by Crippen LogP contribution is -2.36. The standard InChI is InChI=1S/C14H18FNO2/c1-10-4-2-3-7-16(10)9-12-6-5-11(14(17)18)8-13(12)15/h5-6,8,10H,2-4,7,9H2,1H3,(H,17,18). The predicted molar refractivity (Wildman–Crippen MR) is 67.1 cm³/mol. The number of carbonyl (C=O) groups is 1. The van der Waals surface area contributed by atoms with Crippen molar-refractivity contribution in [1.82, 2.24) is 4.90 Å². The summed E-state index contributed by atoms with van der Waals surface area (Å²) in [5.74, 6) is -1.51. The SMILES string of the molecule is CC1CCCCN1Cc1ccc(C(=O)O)cc1F. The van der Waals surface area contributed by atoms with Crippen molar-refractivity contribution >= 4 is 5.97 Å². The van der Waals surface area contributed by atoms with Crippen molar-refractivity contribution in [1.29, 1.82) is 0 Å². The molecule has 1 N–H and O–H groups in total. The Kier molecular flexibility index (Phi) is 3.97. The van der Waals surface area contributed by atoms with E-state index in [0.29, 0.717) is 18.2 Å². The maximum atomic E-state index is 13.8. The number of halogens is 1. The summed E-state index contributed by atoms with van der Waals surface area (Å²) in [6.45, 7) is 3.71. The number of piperidine rings is 1. The van der Waals surface area contributed by atoms with Crippen LogP contribution in [0.25, 0.3) is 0 Å². The van der Waals surface area contributed by atoms with Crippen molar-refractivity contribution in [2.24, 2.45) is 0 Å². The van der Waals surface area contributed by atoms with Crippen LogP contribution in [0.15, 0.2) is 18.2 Å². The fourth-order valence-corrected chi connectivity index (χ4v) is 2.42. The molecule has 98 valence electrons. The lowest BCUT2D eigenvalue weighted by molar-refractivity contribution is 0.0696. The molecule has 0 saturated carbocycles. The third-order valence-electron chi connectivity index (χ3n) is 3.61. The van der Waals surface area contributed by atoms with E-state index in [9.17, 15) is 9.18 Å². The van der Waals surface area contributed by atoms with E-state index < -0.39 is 11.8 Å². The van der Waals surface area contributed by atoms with Crippen molar-refractivity contribution < 1.29 is 14.3 Å². The molecular weight excluding hydrogens is 233 g/mol. The first kappa shape index (κ1) is 13.0. The average Bonchev–Trinajstić information content (AvgIpc) is 2.34. The minimum absolute atomic E-state index is 0.00272. The number of nitrogens with zero attached hydrogens (tertiary/aromatic N) is 1. The summed E-state index contributed by atoms with van der Waals surface area (Å²) >= 11 is 0. The lowest BCUT2D eigenvalue weighted by atomic mass is 10.0. The van der Waals surface area contributed by atoms with Crippen molar-refractivity contribution in [3.8, 4) is 0 Å². The molecule has 3 nitrogen and oxygen atoms in total. The van der Waals surface area contributed by atoms with Crippen LogP contribution in [-0.2, 0) is 6.54 Å². The quantitative estimate of drug-likeness (QED) is 0.898. The first-order valence-corrected chi connectivity index (χ1v) is 6.33. The summed E-state index contributed by atoms with van der Waals surface area (Å²) in [5.41, 5.74) is 0.580. The molecule has 0 bridgehead atoms. The number of hydrogen-bond donors (Lipinski definition) is 1. The molecule has 0 amide bonds. The number of carboxylic acid groups (broad SMARTS) is 1. The summed E-state index contributed by atoms with van der Waals surface area (Å²) in [5, 5.41) is 8.79. The maximum Gasteiger partial charge on any atom is 0.335 e. The number of carboxylic acids is 1. The Balaban J connectivity index is 2.11. The molecule has 1 atom stereocenters. The van der Waals surface area contributed by atoms with Crippen LogP contribution in [0, 0.1) is 5.82 Å². The minimum Gasteiger partial charge on any atom is -0.478 e. The van der Waals surface area contributed by atoms with Crippen LogP contribution >= 0.6 is 0 Å². The number of likely N-dealkylation sites (tertiary alicyclic amines) is 1. The van der Waals surface area contributed by atoms with Crippen LogP contribution in [0.5, 0.6) is 0 Å². The average molecular weight is 251 g/mol. The summed E-state index contributed by atoms with van der Waals surface area (Å²) in [4.78, 5) is 13.0. The Morgan fingerprint density at radius 3 is 2.89 bits per heavy atom. The molecule has 2 rings (SSSR count). The van der Waals surface area contributed by atoms with E-state index in [1.807, 2.05) is 0 Å². The number of hydrogen-bond acceptors (Lipinski definition) is 2. The zero-order valence-electron chi connectivity index (χ0n) is 10.5. The van der Waals surface area contributed by atoms with Gasteiger partial charge in [-0.05, 0) is 38.4 Å². The first-order chi connectivity index (χ1) is 8.58. The number of rotatable bonds is 3. The molecular formula is C14H18FNO2. The van der Waals surface area contributed by atoms with E-state index in [1.165, 1.54) is 12.5 Å². The molecule has 1 heterocycles. The van der Waals surface area contributed by atoms with Crippen LogP contribution in [0.3, 0.4) is 0 Å². The second-order valence-corrected chi connectivity index (χ2v) is 4.93. The molecule has 0 radical (unpaired) electrons. The molecule has 1 saturated heterocycles. The zero-order valence-corrected chi connectivity index (χ0v) is 10.5. The Labute approximate surface area is 106 Å². The molecule has 1 aromatic rings. The Bertz CT molecular complexity index is 447. The van der Waals surface area contributed by atoms with Gasteiger partial charge in [-0.25, -0.2) is 9.18 Å². The van der Waals surface area contributed by atoms with Crippen molar-refractivity contribution in [2.45, 2.75) is 38.8 Å². The van der Waals surface area contributed by atoms with Gasteiger partial charge in [0.1, 0.15) is 5.82 Å². The number of benzene rings is 1. The summed E-state index contributed by atoms with van der Waals surface area (Å²) in [6.07, 6.45) is 3.53. The van der Waals surface area contributed by atoms with Crippen molar-refractivity contribution in [2.75, 3.05) is 6.54 Å². The largest absolute Gasteiger partial charge is 0.478 e. The molecule has 1 fully saturated rings. The van der Waals surface area contributed by atoms with Gasteiger partial charge in [0.2, 0.25) is 0 Å². The highest BCUT2D eigenvalue weighted by Crippen LogP contribution is 2.20. The van der Waals surface area contributed by atoms with Crippen molar-refractivity contribution in [3.05, 3.63) is 35.1 Å². The van der Waals surface area contributed by atoms with Gasteiger partial charge in [0.15, 0.2) is 0 Å². The lowest BCUT2D eigenvalue weighted by Gasteiger charge is -2.33. The van der Waals surface area contributed by atoms with Crippen LogP contribution < -0.4 is 0 Å². The van der Waals surface area contributed by atoms with E-state index in [-0.39, 0.29) is 5.56 Å². The molecule has 0 aromatic heterocycles. The van der Waals surface area contributed by atoms with E-state index >= 15 is 0 Å². The van der Waals surface area contributed by atoms with Crippen LogP contribution in [0.4, 0.5) is 4.39 Å². The molecule has 18 heavy (non-hydrogen) atoms. The van der Waals surface area contributed by atoms with Crippen LogP contribution in [0.2, 0.25) is 0 Å². The summed E-state index contributed by atoms with van der Waals surface area (Å²) in [6, 6.07) is 4.62. The fraction of sp³-hybridized carbons (Fsp3) is 0.500. The van der Waals surface area contributed by atoms with Crippen LogP contribution in [0.1, 0.15) is 42.1 Å². The predicted octanol–water partition coefficient (Wildman–Crippen LogP) is 2.90. The van der Waals surface area contributed by atoms with Gasteiger partial charge in [0.25, 0.3) is 0 Å². The van der Waals surface area contributed by atoms with Crippen molar-refractivity contribution in [3.63, 3.8) is 0 Å². The second-order valence-electron chi connectivity index (χ2n) is 4.93. The van der Waals surface area contributed by atoms with Gasteiger partial charge in [-0.3, -0.25) is 4.90 Å². The molecule has 4 heteroatoms. The van der Waals surface area contributed by atoms with Crippen LogP contribution in [-0.4, -0.2) is 28.6 Å². The summed E-state index contributed by atoms with van der Waals surface area (Å²) in [7, 11) is 0. The third kappa shape index (κ3) is 2.88. The minimum atomic E-state index is -1.09. The van der Waals surface area contributed by atoms with Gasteiger partial charge < -0.3 is 5.11 Å². The Morgan fingerprint density at radius 1 is 1.50 bits per heavy atom. The first-order valence-electron chi connectivity index (χ1n) is 6.33. The highest BCUT2D eigenvalue weighted by Gasteiger charge is 2.19. The molecule has 1 aromatic carbocycles. The topological polar surface area (TPSA) is 40.5 Å². The summed E-state index contributed by atoms with van der Waals surface area (Å²) < 4.78 is 13.8.